The Bertz CT molecular complexity index is 1140. The highest BCUT2D eigenvalue weighted by molar-refractivity contribution is 6.00. The summed E-state index contributed by atoms with van der Waals surface area (Å²) in [5.74, 6) is -1.57. The van der Waals surface area contributed by atoms with Gasteiger partial charge in [-0.3, -0.25) is 19.5 Å². The van der Waals surface area contributed by atoms with Gasteiger partial charge in [0.25, 0.3) is 5.91 Å². The van der Waals surface area contributed by atoms with Gasteiger partial charge in [0.15, 0.2) is 11.6 Å². The SMILES string of the molecule is CC(=O)c1cc(C(=O)N2CCC[C@@H](C(=O)c3ccc(-c4ccccc4)c(F)c3)C2)[nH]n1. The summed E-state index contributed by atoms with van der Waals surface area (Å²) in [7, 11) is 0. The number of halogens is 1. The lowest BCUT2D eigenvalue weighted by atomic mass is 9.89. The second-order valence-electron chi connectivity index (χ2n) is 7.74. The zero-order valence-electron chi connectivity index (χ0n) is 17.1. The molecule has 1 aromatic heterocycles. The zero-order valence-corrected chi connectivity index (χ0v) is 17.1. The topological polar surface area (TPSA) is 83.1 Å². The number of rotatable bonds is 5. The Morgan fingerprint density at radius 1 is 1.10 bits per heavy atom. The van der Waals surface area contributed by atoms with Crippen molar-refractivity contribution >= 4 is 17.5 Å². The molecule has 1 atom stereocenters. The zero-order chi connectivity index (χ0) is 22.0. The summed E-state index contributed by atoms with van der Waals surface area (Å²) in [6.45, 7) is 2.13. The van der Waals surface area contributed by atoms with E-state index in [1.54, 1.807) is 17.0 Å². The number of piperidine rings is 1. The number of hydrogen-bond acceptors (Lipinski definition) is 4. The van der Waals surface area contributed by atoms with Crippen molar-refractivity contribution in [2.24, 2.45) is 5.92 Å². The maximum Gasteiger partial charge on any atom is 0.271 e. The Balaban J connectivity index is 1.49. The van der Waals surface area contributed by atoms with E-state index >= 15 is 0 Å². The summed E-state index contributed by atoms with van der Waals surface area (Å²) in [5, 5.41) is 6.44. The second-order valence-corrected chi connectivity index (χ2v) is 7.74. The number of aromatic nitrogens is 2. The van der Waals surface area contributed by atoms with E-state index in [0.717, 1.165) is 5.56 Å². The molecule has 1 aliphatic heterocycles. The number of carbonyl (C=O) groups excluding carboxylic acids is 3. The van der Waals surface area contributed by atoms with E-state index in [1.165, 1.54) is 19.1 Å². The van der Waals surface area contributed by atoms with Crippen molar-refractivity contribution in [3.05, 3.63) is 77.4 Å². The molecule has 2 aromatic carbocycles. The van der Waals surface area contributed by atoms with Gasteiger partial charge in [0.2, 0.25) is 0 Å². The van der Waals surface area contributed by atoms with E-state index in [-0.39, 0.29) is 35.4 Å². The highest BCUT2D eigenvalue weighted by Gasteiger charge is 2.30. The smallest absolute Gasteiger partial charge is 0.271 e. The van der Waals surface area contributed by atoms with Crippen LogP contribution in [-0.2, 0) is 0 Å². The fourth-order valence-electron chi connectivity index (χ4n) is 3.91. The van der Waals surface area contributed by atoms with Crippen LogP contribution in [0, 0.1) is 11.7 Å². The first kappa shape index (κ1) is 20.7. The minimum absolute atomic E-state index is 0.176. The maximum absolute atomic E-state index is 14.7. The minimum atomic E-state index is -0.449. The third-order valence-electron chi connectivity index (χ3n) is 5.59. The van der Waals surface area contributed by atoms with Crippen molar-refractivity contribution < 1.29 is 18.8 Å². The molecule has 0 saturated carbocycles. The Kier molecular flexibility index (Phi) is 5.75. The van der Waals surface area contributed by atoms with Crippen LogP contribution in [0.5, 0.6) is 0 Å². The van der Waals surface area contributed by atoms with Gasteiger partial charge in [0.1, 0.15) is 17.2 Å². The van der Waals surface area contributed by atoms with Crippen LogP contribution in [-0.4, -0.2) is 45.7 Å². The molecule has 0 spiro atoms. The van der Waals surface area contributed by atoms with E-state index in [4.69, 9.17) is 0 Å². The molecule has 31 heavy (non-hydrogen) atoms. The summed E-state index contributed by atoms with van der Waals surface area (Å²) in [4.78, 5) is 38.8. The van der Waals surface area contributed by atoms with E-state index in [1.807, 2.05) is 30.3 Å². The van der Waals surface area contributed by atoms with Crippen molar-refractivity contribution in [2.75, 3.05) is 13.1 Å². The van der Waals surface area contributed by atoms with Crippen LogP contribution in [0.15, 0.2) is 54.6 Å². The van der Waals surface area contributed by atoms with Gasteiger partial charge in [-0.25, -0.2) is 4.39 Å². The van der Waals surface area contributed by atoms with E-state index < -0.39 is 11.7 Å². The number of ketones is 2. The van der Waals surface area contributed by atoms with E-state index in [0.29, 0.717) is 30.5 Å². The first-order valence-electron chi connectivity index (χ1n) is 10.2. The molecular formula is C24H22FN3O3. The number of benzene rings is 2. The number of H-pyrrole nitrogens is 1. The van der Waals surface area contributed by atoms with Crippen molar-refractivity contribution in [3.63, 3.8) is 0 Å². The van der Waals surface area contributed by atoms with Gasteiger partial charge in [0.05, 0.1) is 0 Å². The highest BCUT2D eigenvalue weighted by atomic mass is 19.1. The fraction of sp³-hybridized carbons (Fsp3) is 0.250. The Labute approximate surface area is 179 Å². The molecule has 1 fully saturated rings. The third-order valence-corrected chi connectivity index (χ3v) is 5.59. The third kappa shape index (κ3) is 4.30. The molecule has 6 nitrogen and oxygen atoms in total. The van der Waals surface area contributed by atoms with Crippen LogP contribution in [0.1, 0.15) is 51.1 Å². The van der Waals surface area contributed by atoms with Gasteiger partial charge < -0.3 is 4.90 Å². The first-order valence-corrected chi connectivity index (χ1v) is 10.2. The Hall–Kier alpha value is -3.61. The Morgan fingerprint density at radius 3 is 2.55 bits per heavy atom. The van der Waals surface area contributed by atoms with Crippen molar-refractivity contribution in [1.82, 2.24) is 15.1 Å². The molecule has 0 radical (unpaired) electrons. The fourth-order valence-corrected chi connectivity index (χ4v) is 3.91. The number of amides is 1. The Morgan fingerprint density at radius 2 is 1.87 bits per heavy atom. The first-order chi connectivity index (χ1) is 14.9. The summed E-state index contributed by atoms with van der Waals surface area (Å²) < 4.78 is 14.7. The lowest BCUT2D eigenvalue weighted by Gasteiger charge is -2.31. The molecule has 0 unspecified atom stereocenters. The maximum atomic E-state index is 14.7. The largest absolute Gasteiger partial charge is 0.337 e. The van der Waals surface area contributed by atoms with Gasteiger partial charge >= 0.3 is 0 Å². The summed E-state index contributed by atoms with van der Waals surface area (Å²) >= 11 is 0. The van der Waals surface area contributed by atoms with Crippen LogP contribution in [0.25, 0.3) is 11.1 Å². The number of nitrogens with zero attached hydrogens (tertiary/aromatic N) is 2. The van der Waals surface area contributed by atoms with Crippen LogP contribution in [0.3, 0.4) is 0 Å². The van der Waals surface area contributed by atoms with Crippen molar-refractivity contribution in [2.45, 2.75) is 19.8 Å². The number of carbonyl (C=O) groups is 3. The summed E-state index contributed by atoms with van der Waals surface area (Å²) in [6, 6.07) is 15.1. The lowest BCUT2D eigenvalue weighted by molar-refractivity contribution is 0.0632. The molecule has 7 heteroatoms. The van der Waals surface area contributed by atoms with Crippen LogP contribution < -0.4 is 0 Å². The van der Waals surface area contributed by atoms with Crippen LogP contribution in [0.2, 0.25) is 0 Å². The van der Waals surface area contributed by atoms with Gasteiger partial charge in [-0.15, -0.1) is 0 Å². The molecule has 2 heterocycles. The molecule has 1 saturated heterocycles. The summed E-state index contributed by atoms with van der Waals surface area (Å²) in [6.07, 6.45) is 1.30. The van der Waals surface area contributed by atoms with Crippen molar-refractivity contribution in [1.29, 1.82) is 0 Å². The predicted molar refractivity (Wildman–Crippen MR) is 113 cm³/mol. The summed E-state index contributed by atoms with van der Waals surface area (Å²) in [5.41, 5.74) is 1.91. The normalized spacial score (nSPS) is 16.2. The molecule has 1 amide bonds. The molecule has 158 valence electrons. The van der Waals surface area contributed by atoms with Crippen LogP contribution in [0.4, 0.5) is 4.39 Å². The molecule has 1 aliphatic rings. The van der Waals surface area contributed by atoms with Gasteiger partial charge in [-0.1, -0.05) is 42.5 Å². The quantitative estimate of drug-likeness (QED) is 0.630. The predicted octanol–water partition coefficient (Wildman–Crippen LogP) is 4.15. The van der Waals surface area contributed by atoms with E-state index in [2.05, 4.69) is 10.2 Å². The lowest BCUT2D eigenvalue weighted by Crippen LogP contribution is -2.42. The molecule has 1 N–H and O–H groups in total. The number of aromatic amines is 1. The number of nitrogens with one attached hydrogen (secondary N) is 1. The number of Topliss-reactive ketones (excluding diaryl/α,β-unsaturated/α-hetero) is 2. The van der Waals surface area contributed by atoms with Crippen LogP contribution >= 0.6 is 0 Å². The molecule has 0 aliphatic carbocycles. The molecule has 0 bridgehead atoms. The molecule has 3 aromatic rings. The van der Waals surface area contributed by atoms with Gasteiger partial charge in [0, 0.05) is 37.1 Å². The van der Waals surface area contributed by atoms with Gasteiger partial charge in [-0.2, -0.15) is 5.10 Å². The van der Waals surface area contributed by atoms with E-state index in [9.17, 15) is 18.8 Å². The van der Waals surface area contributed by atoms with Crippen molar-refractivity contribution in [3.8, 4) is 11.1 Å². The second kappa shape index (κ2) is 8.63. The number of hydrogen-bond donors (Lipinski definition) is 1. The molecular weight excluding hydrogens is 397 g/mol. The monoisotopic (exact) mass is 419 g/mol. The average molecular weight is 419 g/mol. The standard InChI is InChI=1S/C24H22FN3O3/c1-15(29)21-13-22(27-26-21)24(31)28-11-5-8-18(14-28)23(30)17-9-10-19(20(25)12-17)16-6-3-2-4-7-16/h2-4,6-7,9-10,12-13,18H,5,8,11,14H2,1H3,(H,26,27)/t18-/m1/s1. The number of likely N-dealkylation sites (tertiary alicyclic amines) is 1. The average Bonchev–Trinajstić information content (AvgIpc) is 3.29. The minimum Gasteiger partial charge on any atom is -0.337 e. The van der Waals surface area contributed by atoms with Gasteiger partial charge in [-0.05, 0) is 30.5 Å². The molecule has 4 rings (SSSR count). The highest BCUT2D eigenvalue weighted by Crippen LogP contribution is 2.27.